The van der Waals surface area contributed by atoms with Gasteiger partial charge in [0.2, 0.25) is 5.95 Å². The molecule has 0 radical (unpaired) electrons. The van der Waals surface area contributed by atoms with Crippen LogP contribution in [0.3, 0.4) is 0 Å². The molecule has 0 aliphatic carbocycles. The van der Waals surface area contributed by atoms with Crippen molar-refractivity contribution in [3.05, 3.63) is 15.1 Å². The highest BCUT2D eigenvalue weighted by atomic mass is 79.9. The van der Waals surface area contributed by atoms with E-state index in [9.17, 15) is 15.0 Å². The standard InChI is InChI=1S/C10H12BrN5O5/c11-9-13-3-6(14-10(12)15-7(3)20)16(9)8-5(19)4(18)2(1-17)21-8/h2,4-5,8,17-19H,1H2,(H3,12,14,15,20)/t2-,4?,5-,8+/m0/s1. The first-order valence-corrected chi connectivity index (χ1v) is 6.79. The smallest absolute Gasteiger partial charge is 0.280 e. The summed E-state index contributed by atoms with van der Waals surface area (Å²) in [5.74, 6) is -0.118. The summed E-state index contributed by atoms with van der Waals surface area (Å²) in [5.41, 5.74) is 5.07. The molecule has 0 saturated carbocycles. The maximum atomic E-state index is 11.8. The maximum Gasteiger partial charge on any atom is 0.280 e. The molecule has 0 aromatic carbocycles. The second-order valence-electron chi connectivity index (χ2n) is 4.60. The zero-order chi connectivity index (χ0) is 15.3. The normalized spacial score (nSPS) is 29.3. The molecule has 3 rings (SSSR count). The van der Waals surface area contributed by atoms with E-state index in [1.807, 2.05) is 0 Å². The molecule has 11 heteroatoms. The molecule has 2 aromatic heterocycles. The van der Waals surface area contributed by atoms with Gasteiger partial charge in [-0.15, -0.1) is 0 Å². The fourth-order valence-corrected chi connectivity index (χ4v) is 2.84. The van der Waals surface area contributed by atoms with E-state index in [0.717, 1.165) is 0 Å². The van der Waals surface area contributed by atoms with Crippen LogP contribution in [-0.2, 0) is 4.74 Å². The zero-order valence-corrected chi connectivity index (χ0v) is 12.1. The molecular weight excluding hydrogens is 350 g/mol. The second kappa shape index (κ2) is 5.03. The van der Waals surface area contributed by atoms with Crippen LogP contribution in [0, 0.1) is 0 Å². The van der Waals surface area contributed by atoms with E-state index in [0.29, 0.717) is 0 Å². The molecule has 1 aliphatic heterocycles. The van der Waals surface area contributed by atoms with Gasteiger partial charge in [-0.1, -0.05) is 0 Å². The molecule has 10 nitrogen and oxygen atoms in total. The number of aromatic nitrogens is 4. The maximum absolute atomic E-state index is 11.8. The lowest BCUT2D eigenvalue weighted by atomic mass is 10.1. The van der Waals surface area contributed by atoms with Gasteiger partial charge in [0.25, 0.3) is 5.56 Å². The van der Waals surface area contributed by atoms with Crippen LogP contribution in [0.5, 0.6) is 0 Å². The van der Waals surface area contributed by atoms with Crippen LogP contribution in [0.4, 0.5) is 5.95 Å². The van der Waals surface area contributed by atoms with E-state index < -0.39 is 36.7 Å². The molecule has 0 bridgehead atoms. The van der Waals surface area contributed by atoms with Crippen molar-refractivity contribution in [2.75, 3.05) is 12.3 Å². The minimum Gasteiger partial charge on any atom is -0.394 e. The molecule has 4 atom stereocenters. The highest BCUT2D eigenvalue weighted by Crippen LogP contribution is 2.33. The topological polar surface area (TPSA) is 160 Å². The number of H-pyrrole nitrogens is 1. The Morgan fingerprint density at radius 3 is 2.71 bits per heavy atom. The summed E-state index contributed by atoms with van der Waals surface area (Å²) in [4.78, 5) is 22.0. The molecule has 1 aliphatic rings. The van der Waals surface area contributed by atoms with Gasteiger partial charge in [0.1, 0.15) is 18.3 Å². The number of ether oxygens (including phenoxy) is 1. The number of nitrogen functional groups attached to an aromatic ring is 1. The Labute approximate surface area is 125 Å². The molecule has 3 heterocycles. The predicted octanol–water partition coefficient (Wildman–Crippen LogP) is -1.92. The van der Waals surface area contributed by atoms with E-state index in [1.54, 1.807) is 0 Å². The lowest BCUT2D eigenvalue weighted by Gasteiger charge is -2.17. The second-order valence-corrected chi connectivity index (χ2v) is 5.31. The van der Waals surface area contributed by atoms with Gasteiger partial charge in [-0.05, 0) is 15.9 Å². The number of fused-ring (bicyclic) bond motifs is 1. The lowest BCUT2D eigenvalue weighted by molar-refractivity contribution is -0.0521. The van der Waals surface area contributed by atoms with E-state index in [-0.39, 0.29) is 21.8 Å². The summed E-state index contributed by atoms with van der Waals surface area (Å²) in [5, 5.41) is 29.0. The Balaban J connectivity index is 2.17. The van der Waals surface area contributed by atoms with Gasteiger partial charge < -0.3 is 25.8 Å². The van der Waals surface area contributed by atoms with Crippen LogP contribution >= 0.6 is 15.9 Å². The number of aliphatic hydroxyl groups is 3. The molecule has 6 N–H and O–H groups in total. The van der Waals surface area contributed by atoms with Crippen molar-refractivity contribution in [2.24, 2.45) is 0 Å². The average Bonchev–Trinajstić information content (AvgIpc) is 2.89. The highest BCUT2D eigenvalue weighted by Gasteiger charge is 2.44. The fraction of sp³-hybridized carbons (Fsp3) is 0.500. The van der Waals surface area contributed by atoms with E-state index in [1.165, 1.54) is 4.57 Å². The number of nitrogens with two attached hydrogens (primary N) is 1. The number of nitrogens with zero attached hydrogens (tertiary/aromatic N) is 3. The van der Waals surface area contributed by atoms with Crippen LogP contribution < -0.4 is 11.3 Å². The van der Waals surface area contributed by atoms with Crippen LogP contribution in [0.1, 0.15) is 6.23 Å². The third-order valence-electron chi connectivity index (χ3n) is 3.30. The molecule has 21 heavy (non-hydrogen) atoms. The summed E-state index contributed by atoms with van der Waals surface area (Å²) in [6.07, 6.45) is -4.61. The number of nitrogens with one attached hydrogen (secondary N) is 1. The molecule has 0 spiro atoms. The Morgan fingerprint density at radius 2 is 2.10 bits per heavy atom. The lowest BCUT2D eigenvalue weighted by Crippen LogP contribution is -2.33. The SMILES string of the molecule is Nc1nc2c(nc(Br)n2[C@@H]2O[C@@H](CO)C(O)[C@@H]2O)c(=O)[nH]1. The molecule has 1 saturated heterocycles. The Morgan fingerprint density at radius 1 is 1.38 bits per heavy atom. The van der Waals surface area contributed by atoms with E-state index >= 15 is 0 Å². The number of anilines is 1. The number of hydrogen-bond acceptors (Lipinski definition) is 8. The zero-order valence-electron chi connectivity index (χ0n) is 10.5. The molecule has 114 valence electrons. The van der Waals surface area contributed by atoms with Crippen LogP contribution in [0.15, 0.2) is 9.53 Å². The summed E-state index contributed by atoms with van der Waals surface area (Å²) >= 11 is 3.15. The van der Waals surface area contributed by atoms with Gasteiger partial charge in [0.15, 0.2) is 22.1 Å². The van der Waals surface area contributed by atoms with Crippen molar-refractivity contribution in [2.45, 2.75) is 24.5 Å². The van der Waals surface area contributed by atoms with Crippen molar-refractivity contribution in [3.63, 3.8) is 0 Å². The summed E-state index contributed by atoms with van der Waals surface area (Å²) in [6, 6.07) is 0. The van der Waals surface area contributed by atoms with E-state index in [4.69, 9.17) is 15.6 Å². The fourth-order valence-electron chi connectivity index (χ4n) is 2.29. The van der Waals surface area contributed by atoms with Gasteiger partial charge >= 0.3 is 0 Å². The average molecular weight is 362 g/mol. The monoisotopic (exact) mass is 361 g/mol. The third-order valence-corrected chi connectivity index (χ3v) is 3.86. The quantitative estimate of drug-likeness (QED) is 0.387. The number of halogens is 1. The minimum absolute atomic E-state index is 0.00816. The number of rotatable bonds is 2. The number of aromatic amines is 1. The van der Waals surface area contributed by atoms with Crippen LogP contribution in [0.25, 0.3) is 11.2 Å². The van der Waals surface area contributed by atoms with Crippen molar-refractivity contribution in [1.29, 1.82) is 0 Å². The van der Waals surface area contributed by atoms with Crippen molar-refractivity contribution >= 4 is 33.0 Å². The summed E-state index contributed by atoms with van der Waals surface area (Å²) in [6.45, 7) is -0.463. The summed E-state index contributed by atoms with van der Waals surface area (Å²) in [7, 11) is 0. The highest BCUT2D eigenvalue weighted by molar-refractivity contribution is 9.10. The van der Waals surface area contributed by atoms with Crippen molar-refractivity contribution < 1.29 is 20.1 Å². The van der Waals surface area contributed by atoms with Crippen LogP contribution in [-0.4, -0.2) is 59.8 Å². The van der Waals surface area contributed by atoms with Crippen molar-refractivity contribution in [1.82, 2.24) is 19.5 Å². The Bertz CT molecular complexity index is 745. The first kappa shape index (κ1) is 14.4. The number of imidazole rings is 1. The molecule has 0 amide bonds. The molecular formula is C10H12BrN5O5. The predicted molar refractivity (Wildman–Crippen MR) is 73.3 cm³/mol. The van der Waals surface area contributed by atoms with Gasteiger partial charge in [-0.25, -0.2) is 4.98 Å². The Hall–Kier alpha value is -1.53. The first-order valence-electron chi connectivity index (χ1n) is 5.99. The van der Waals surface area contributed by atoms with Crippen LogP contribution in [0.2, 0.25) is 0 Å². The van der Waals surface area contributed by atoms with Crippen molar-refractivity contribution in [3.8, 4) is 0 Å². The van der Waals surface area contributed by atoms with Gasteiger partial charge in [-0.3, -0.25) is 14.3 Å². The van der Waals surface area contributed by atoms with Gasteiger partial charge in [-0.2, -0.15) is 4.98 Å². The molecule has 1 fully saturated rings. The van der Waals surface area contributed by atoms with Gasteiger partial charge in [0.05, 0.1) is 6.61 Å². The Kier molecular flexibility index (Phi) is 3.45. The number of hydrogen-bond donors (Lipinski definition) is 5. The van der Waals surface area contributed by atoms with E-state index in [2.05, 4.69) is 30.9 Å². The summed E-state index contributed by atoms with van der Waals surface area (Å²) < 4.78 is 6.87. The largest absolute Gasteiger partial charge is 0.394 e. The number of aliphatic hydroxyl groups excluding tert-OH is 3. The van der Waals surface area contributed by atoms with Gasteiger partial charge in [0, 0.05) is 0 Å². The first-order chi connectivity index (χ1) is 9.93. The third kappa shape index (κ3) is 2.13. The minimum atomic E-state index is -1.32. The molecule has 2 aromatic rings. The molecule has 1 unspecified atom stereocenters.